The second kappa shape index (κ2) is 6.23. The minimum absolute atomic E-state index is 0.127. The van der Waals surface area contributed by atoms with Crippen molar-refractivity contribution in [2.45, 2.75) is 19.9 Å². The van der Waals surface area contributed by atoms with Crippen molar-refractivity contribution in [2.75, 3.05) is 13.1 Å². The summed E-state index contributed by atoms with van der Waals surface area (Å²) < 4.78 is 13.4. The van der Waals surface area contributed by atoms with Gasteiger partial charge in [0.25, 0.3) is 0 Å². The smallest absolute Gasteiger partial charge is 0.234 e. The van der Waals surface area contributed by atoms with E-state index in [9.17, 15) is 9.18 Å². The van der Waals surface area contributed by atoms with Crippen molar-refractivity contribution in [1.82, 2.24) is 10.6 Å². The fraction of sp³-hybridized carbons (Fsp3) is 0.417. The van der Waals surface area contributed by atoms with E-state index in [-0.39, 0.29) is 24.3 Å². The Labute approximate surface area is 95.0 Å². The number of carbonyl (C=O) groups excluding carboxylic acids is 1. The third-order valence-electron chi connectivity index (χ3n) is 2.28. The molecular formula is C12H17FN2O. The molecule has 3 nitrogen and oxygen atoms in total. The Hall–Kier alpha value is -1.42. The van der Waals surface area contributed by atoms with E-state index in [2.05, 4.69) is 10.6 Å². The lowest BCUT2D eigenvalue weighted by atomic mass is 10.1. The van der Waals surface area contributed by atoms with Gasteiger partial charge in [-0.25, -0.2) is 4.39 Å². The summed E-state index contributed by atoms with van der Waals surface area (Å²) in [6, 6.07) is 6.14. The van der Waals surface area contributed by atoms with Gasteiger partial charge in [0.1, 0.15) is 5.82 Å². The summed E-state index contributed by atoms with van der Waals surface area (Å²) in [5.74, 6) is -0.420. The van der Waals surface area contributed by atoms with Crippen LogP contribution in [0.3, 0.4) is 0 Å². The first kappa shape index (κ1) is 12.6. The zero-order valence-corrected chi connectivity index (χ0v) is 9.59. The molecule has 16 heavy (non-hydrogen) atoms. The van der Waals surface area contributed by atoms with E-state index in [0.717, 1.165) is 6.54 Å². The minimum atomic E-state index is -0.313. The van der Waals surface area contributed by atoms with Gasteiger partial charge in [0, 0.05) is 5.56 Å². The van der Waals surface area contributed by atoms with Crippen molar-refractivity contribution < 1.29 is 9.18 Å². The molecule has 0 radical (unpaired) electrons. The Morgan fingerprint density at radius 3 is 2.75 bits per heavy atom. The second-order valence-electron chi connectivity index (χ2n) is 3.59. The first-order valence-electron chi connectivity index (χ1n) is 5.39. The van der Waals surface area contributed by atoms with Crippen LogP contribution in [0.2, 0.25) is 0 Å². The van der Waals surface area contributed by atoms with Gasteiger partial charge in [-0.1, -0.05) is 25.1 Å². The molecule has 0 bridgehead atoms. The van der Waals surface area contributed by atoms with E-state index in [1.807, 2.05) is 6.92 Å². The van der Waals surface area contributed by atoms with Crippen LogP contribution in [0.4, 0.5) is 4.39 Å². The van der Waals surface area contributed by atoms with E-state index < -0.39 is 0 Å². The summed E-state index contributed by atoms with van der Waals surface area (Å²) in [7, 11) is 0. The van der Waals surface area contributed by atoms with Crippen molar-refractivity contribution in [3.63, 3.8) is 0 Å². The fourth-order valence-corrected chi connectivity index (χ4v) is 1.44. The number of nitrogens with one attached hydrogen (secondary N) is 2. The highest BCUT2D eigenvalue weighted by Gasteiger charge is 2.12. The number of halogens is 1. The molecule has 0 aliphatic carbocycles. The topological polar surface area (TPSA) is 41.1 Å². The van der Waals surface area contributed by atoms with Crippen LogP contribution in [0.5, 0.6) is 0 Å². The van der Waals surface area contributed by atoms with E-state index in [0.29, 0.717) is 5.56 Å². The summed E-state index contributed by atoms with van der Waals surface area (Å²) >= 11 is 0. The maximum Gasteiger partial charge on any atom is 0.234 e. The molecule has 0 heterocycles. The predicted molar refractivity (Wildman–Crippen MR) is 61.5 cm³/mol. The molecule has 1 atom stereocenters. The molecule has 0 saturated heterocycles. The highest BCUT2D eigenvalue weighted by Crippen LogP contribution is 2.15. The monoisotopic (exact) mass is 224 g/mol. The van der Waals surface area contributed by atoms with E-state index in [4.69, 9.17) is 0 Å². The maximum absolute atomic E-state index is 13.4. The number of hydrogen-bond donors (Lipinski definition) is 2. The average Bonchev–Trinajstić information content (AvgIpc) is 2.26. The number of benzene rings is 1. The second-order valence-corrected chi connectivity index (χ2v) is 3.59. The average molecular weight is 224 g/mol. The lowest BCUT2D eigenvalue weighted by molar-refractivity contribution is -0.120. The molecular weight excluding hydrogens is 207 g/mol. The van der Waals surface area contributed by atoms with Crippen molar-refractivity contribution >= 4 is 5.91 Å². The van der Waals surface area contributed by atoms with Gasteiger partial charge in [-0.2, -0.15) is 0 Å². The molecule has 0 aromatic heterocycles. The van der Waals surface area contributed by atoms with Crippen LogP contribution >= 0.6 is 0 Å². The summed E-state index contributed by atoms with van der Waals surface area (Å²) in [5.41, 5.74) is 0.507. The zero-order chi connectivity index (χ0) is 12.0. The lowest BCUT2D eigenvalue weighted by Gasteiger charge is -2.15. The third kappa shape index (κ3) is 3.62. The van der Waals surface area contributed by atoms with Gasteiger partial charge in [-0.3, -0.25) is 4.79 Å². The Morgan fingerprint density at radius 2 is 2.12 bits per heavy atom. The molecule has 4 heteroatoms. The van der Waals surface area contributed by atoms with Crippen LogP contribution in [0.25, 0.3) is 0 Å². The maximum atomic E-state index is 13.4. The first-order chi connectivity index (χ1) is 7.65. The largest absolute Gasteiger partial charge is 0.348 e. The molecule has 1 rings (SSSR count). The van der Waals surface area contributed by atoms with Crippen LogP contribution in [0.1, 0.15) is 25.5 Å². The molecule has 88 valence electrons. The number of carbonyl (C=O) groups is 1. The van der Waals surface area contributed by atoms with Crippen LogP contribution < -0.4 is 10.6 Å². The van der Waals surface area contributed by atoms with Crippen LogP contribution in [0, 0.1) is 5.82 Å². The van der Waals surface area contributed by atoms with E-state index >= 15 is 0 Å². The van der Waals surface area contributed by atoms with Crippen LogP contribution in [-0.2, 0) is 4.79 Å². The SMILES string of the molecule is CCNCC(=O)NC(C)c1ccccc1F. The normalized spacial score (nSPS) is 12.2. The lowest BCUT2D eigenvalue weighted by Crippen LogP contribution is -2.35. The van der Waals surface area contributed by atoms with Crippen LogP contribution in [0.15, 0.2) is 24.3 Å². The Kier molecular flexibility index (Phi) is 4.92. The molecule has 0 spiro atoms. The molecule has 0 fully saturated rings. The van der Waals surface area contributed by atoms with E-state index in [1.54, 1.807) is 25.1 Å². The van der Waals surface area contributed by atoms with E-state index in [1.165, 1.54) is 6.07 Å². The Morgan fingerprint density at radius 1 is 1.44 bits per heavy atom. The molecule has 1 aromatic carbocycles. The number of amides is 1. The summed E-state index contributed by atoms with van der Waals surface area (Å²) in [6.07, 6.45) is 0. The summed E-state index contributed by atoms with van der Waals surface area (Å²) in [6.45, 7) is 4.69. The third-order valence-corrected chi connectivity index (χ3v) is 2.28. The fourth-order valence-electron chi connectivity index (χ4n) is 1.44. The molecule has 0 aliphatic rings. The minimum Gasteiger partial charge on any atom is -0.348 e. The summed E-state index contributed by atoms with van der Waals surface area (Å²) in [4.78, 5) is 11.4. The van der Waals surface area contributed by atoms with Crippen LogP contribution in [-0.4, -0.2) is 19.0 Å². The van der Waals surface area contributed by atoms with Crippen molar-refractivity contribution in [3.05, 3.63) is 35.6 Å². The quantitative estimate of drug-likeness (QED) is 0.798. The molecule has 0 aliphatic heterocycles. The van der Waals surface area contributed by atoms with Gasteiger partial charge >= 0.3 is 0 Å². The molecule has 1 unspecified atom stereocenters. The van der Waals surface area contributed by atoms with Gasteiger partial charge in [0.15, 0.2) is 0 Å². The number of hydrogen-bond acceptors (Lipinski definition) is 2. The van der Waals surface area contributed by atoms with Gasteiger partial charge in [0.2, 0.25) is 5.91 Å². The molecule has 1 amide bonds. The molecule has 2 N–H and O–H groups in total. The summed E-state index contributed by atoms with van der Waals surface area (Å²) in [5, 5.41) is 5.64. The van der Waals surface area contributed by atoms with Gasteiger partial charge < -0.3 is 10.6 Å². The predicted octanol–water partition coefficient (Wildman–Crippen LogP) is 1.61. The number of likely N-dealkylation sites (N-methyl/N-ethyl adjacent to an activating group) is 1. The highest BCUT2D eigenvalue weighted by molar-refractivity contribution is 5.78. The molecule has 0 saturated carbocycles. The standard InChI is InChI=1S/C12H17FN2O/c1-3-14-8-12(16)15-9(2)10-6-4-5-7-11(10)13/h4-7,9,14H,3,8H2,1-2H3,(H,15,16). The highest BCUT2D eigenvalue weighted by atomic mass is 19.1. The van der Waals surface area contributed by atoms with Gasteiger partial charge in [-0.15, -0.1) is 0 Å². The van der Waals surface area contributed by atoms with Crippen molar-refractivity contribution in [2.24, 2.45) is 0 Å². The Bertz CT molecular complexity index is 355. The Balaban J connectivity index is 2.55. The van der Waals surface area contributed by atoms with Crippen molar-refractivity contribution in [3.8, 4) is 0 Å². The first-order valence-corrected chi connectivity index (χ1v) is 5.39. The van der Waals surface area contributed by atoms with Gasteiger partial charge in [0.05, 0.1) is 12.6 Å². The van der Waals surface area contributed by atoms with Gasteiger partial charge in [-0.05, 0) is 19.5 Å². The van der Waals surface area contributed by atoms with Crippen molar-refractivity contribution in [1.29, 1.82) is 0 Å². The molecule has 1 aromatic rings. The zero-order valence-electron chi connectivity index (χ0n) is 9.59. The number of rotatable bonds is 5.